The highest BCUT2D eigenvalue weighted by molar-refractivity contribution is 6.33. The van der Waals surface area contributed by atoms with Crippen molar-refractivity contribution in [2.45, 2.75) is 56.6 Å². The van der Waals surface area contributed by atoms with E-state index >= 15 is 0 Å². The summed E-state index contributed by atoms with van der Waals surface area (Å²) in [5, 5.41) is 39.6. The van der Waals surface area contributed by atoms with E-state index in [1.807, 2.05) is 6.07 Å². The fraction of sp³-hybridized carbons (Fsp3) is 0.562. The van der Waals surface area contributed by atoms with Crippen molar-refractivity contribution in [2.75, 3.05) is 4.90 Å². The van der Waals surface area contributed by atoms with Gasteiger partial charge in [0.2, 0.25) is 0 Å². The van der Waals surface area contributed by atoms with Crippen LogP contribution in [0.25, 0.3) is 0 Å². The normalized spacial score (nSPS) is 33.8. The van der Waals surface area contributed by atoms with Gasteiger partial charge in [-0.05, 0) is 38.3 Å². The minimum Gasteiger partial charge on any atom is -0.392 e. The molecular formula is C16H19ClN2O3. The van der Waals surface area contributed by atoms with E-state index in [4.69, 9.17) is 16.9 Å². The van der Waals surface area contributed by atoms with E-state index in [2.05, 4.69) is 4.90 Å². The van der Waals surface area contributed by atoms with Gasteiger partial charge in [-0.3, -0.25) is 0 Å². The molecule has 2 aliphatic rings. The Morgan fingerprint density at radius 3 is 2.77 bits per heavy atom. The summed E-state index contributed by atoms with van der Waals surface area (Å²) in [6, 6.07) is 5.21. The number of anilines is 1. The highest BCUT2D eigenvalue weighted by Gasteiger charge is 2.50. The average molecular weight is 323 g/mol. The summed E-state index contributed by atoms with van der Waals surface area (Å²) in [4.78, 5) is 2.06. The van der Waals surface area contributed by atoms with E-state index in [0.29, 0.717) is 30.4 Å². The maximum Gasteiger partial charge on any atom is 0.101 e. The Balaban J connectivity index is 2.06. The second-order valence-electron chi connectivity index (χ2n) is 6.53. The minimum absolute atomic E-state index is 0.00180. The summed E-state index contributed by atoms with van der Waals surface area (Å²) in [5.41, 5.74) is 0.783. The van der Waals surface area contributed by atoms with Crippen LogP contribution in [0, 0.1) is 11.3 Å². The van der Waals surface area contributed by atoms with E-state index in [-0.39, 0.29) is 23.7 Å². The Labute approximate surface area is 134 Å². The van der Waals surface area contributed by atoms with Gasteiger partial charge in [0.1, 0.15) is 6.07 Å². The standard InChI is InChI=1S/C16H19ClN2O3/c1-16(22)5-10-4-14(21)13(6-16)19(10)12-3-2-9(7-18)15(17)11(12)8-20/h2-3,10,13-14,20-22H,4-6,8H2,1H3/t10-,13-,14?,16+/m0/s1. The number of hydrogen-bond donors (Lipinski definition) is 3. The maximum atomic E-state index is 10.3. The number of hydrogen-bond acceptors (Lipinski definition) is 5. The third kappa shape index (κ3) is 2.37. The van der Waals surface area contributed by atoms with Gasteiger partial charge in [0.05, 0.1) is 34.9 Å². The molecule has 3 rings (SSSR count). The lowest BCUT2D eigenvalue weighted by molar-refractivity contribution is 0.0127. The zero-order valence-electron chi connectivity index (χ0n) is 12.3. The Bertz CT molecular complexity index is 641. The second-order valence-corrected chi connectivity index (χ2v) is 6.91. The van der Waals surface area contributed by atoms with E-state index in [9.17, 15) is 15.3 Å². The van der Waals surface area contributed by atoms with E-state index in [1.54, 1.807) is 19.1 Å². The molecule has 0 aromatic heterocycles. The van der Waals surface area contributed by atoms with Crippen LogP contribution in [-0.4, -0.2) is 39.1 Å². The van der Waals surface area contributed by atoms with Gasteiger partial charge >= 0.3 is 0 Å². The highest BCUT2D eigenvalue weighted by Crippen LogP contribution is 2.45. The van der Waals surface area contributed by atoms with Gasteiger partial charge < -0.3 is 20.2 Å². The number of rotatable bonds is 2. The van der Waals surface area contributed by atoms with Gasteiger partial charge in [-0.1, -0.05) is 11.6 Å². The van der Waals surface area contributed by atoms with Crippen molar-refractivity contribution in [2.24, 2.45) is 0 Å². The lowest BCUT2D eigenvalue weighted by Gasteiger charge is -2.44. The molecule has 0 radical (unpaired) electrons. The fourth-order valence-corrected chi connectivity index (χ4v) is 4.19. The molecule has 1 aromatic carbocycles. The summed E-state index contributed by atoms with van der Waals surface area (Å²) in [6.45, 7) is 1.52. The van der Waals surface area contributed by atoms with Crippen LogP contribution in [0.2, 0.25) is 5.02 Å². The van der Waals surface area contributed by atoms with Crippen molar-refractivity contribution in [1.29, 1.82) is 5.26 Å². The SMILES string of the molecule is C[C@@]1(O)C[C@@H]2CC(O)[C@H](C1)N2c1ccc(C#N)c(Cl)c1CO. The first-order chi connectivity index (χ1) is 10.4. The number of halogens is 1. The van der Waals surface area contributed by atoms with Crippen LogP contribution in [0.15, 0.2) is 12.1 Å². The third-order valence-electron chi connectivity index (χ3n) is 4.81. The number of nitriles is 1. The number of aliphatic hydroxyl groups excluding tert-OH is 2. The van der Waals surface area contributed by atoms with Crippen molar-refractivity contribution in [3.05, 3.63) is 28.3 Å². The molecule has 0 aliphatic carbocycles. The second kappa shape index (κ2) is 5.39. The summed E-state index contributed by atoms with van der Waals surface area (Å²) in [6.07, 6.45) is 1.10. The molecule has 5 nitrogen and oxygen atoms in total. The van der Waals surface area contributed by atoms with Crippen LogP contribution in [-0.2, 0) is 6.61 Å². The average Bonchev–Trinajstić information content (AvgIpc) is 2.66. The van der Waals surface area contributed by atoms with Gasteiger partial charge in [0, 0.05) is 17.3 Å². The first kappa shape index (κ1) is 15.6. The van der Waals surface area contributed by atoms with Crippen LogP contribution < -0.4 is 4.90 Å². The molecule has 0 amide bonds. The molecule has 1 aromatic rings. The lowest BCUT2D eigenvalue weighted by Crippen LogP contribution is -2.51. The number of benzene rings is 1. The molecule has 2 fully saturated rings. The van der Waals surface area contributed by atoms with E-state index in [0.717, 1.165) is 5.69 Å². The van der Waals surface area contributed by atoms with Crippen LogP contribution in [0.4, 0.5) is 5.69 Å². The van der Waals surface area contributed by atoms with Crippen LogP contribution in [0.5, 0.6) is 0 Å². The first-order valence-electron chi connectivity index (χ1n) is 7.39. The smallest absolute Gasteiger partial charge is 0.101 e. The quantitative estimate of drug-likeness (QED) is 0.769. The summed E-state index contributed by atoms with van der Waals surface area (Å²) in [7, 11) is 0. The summed E-state index contributed by atoms with van der Waals surface area (Å²) >= 11 is 6.22. The van der Waals surface area contributed by atoms with Gasteiger partial charge in [0.15, 0.2) is 0 Å². The molecule has 3 N–H and O–H groups in total. The van der Waals surface area contributed by atoms with Crippen molar-refractivity contribution < 1.29 is 15.3 Å². The molecule has 0 spiro atoms. The van der Waals surface area contributed by atoms with Crippen LogP contribution in [0.3, 0.4) is 0 Å². The first-order valence-corrected chi connectivity index (χ1v) is 7.77. The molecule has 4 atom stereocenters. The third-order valence-corrected chi connectivity index (χ3v) is 5.24. The van der Waals surface area contributed by atoms with Crippen molar-refractivity contribution in [3.63, 3.8) is 0 Å². The molecule has 118 valence electrons. The molecule has 2 bridgehead atoms. The molecule has 0 saturated carbocycles. The zero-order valence-corrected chi connectivity index (χ0v) is 13.1. The zero-order chi connectivity index (χ0) is 16.1. The van der Waals surface area contributed by atoms with Gasteiger partial charge in [-0.2, -0.15) is 5.26 Å². The molecule has 2 aliphatic heterocycles. The topological polar surface area (TPSA) is 87.7 Å². The van der Waals surface area contributed by atoms with Crippen LogP contribution in [0.1, 0.15) is 37.3 Å². The molecular weight excluding hydrogens is 304 g/mol. The Morgan fingerprint density at radius 2 is 2.18 bits per heavy atom. The highest BCUT2D eigenvalue weighted by atomic mass is 35.5. The van der Waals surface area contributed by atoms with E-state index < -0.39 is 11.7 Å². The molecule has 1 unspecified atom stereocenters. The van der Waals surface area contributed by atoms with Crippen molar-refractivity contribution in [1.82, 2.24) is 0 Å². The fourth-order valence-electron chi connectivity index (χ4n) is 3.93. The molecule has 6 heteroatoms. The monoisotopic (exact) mass is 322 g/mol. The minimum atomic E-state index is -0.793. The van der Waals surface area contributed by atoms with Gasteiger partial charge in [-0.15, -0.1) is 0 Å². The molecule has 22 heavy (non-hydrogen) atoms. The number of piperidine rings is 1. The summed E-state index contributed by atoms with van der Waals surface area (Å²) in [5.74, 6) is 0. The van der Waals surface area contributed by atoms with Gasteiger partial charge in [-0.25, -0.2) is 0 Å². The summed E-state index contributed by atoms with van der Waals surface area (Å²) < 4.78 is 0. The molecule has 2 heterocycles. The number of fused-ring (bicyclic) bond motifs is 2. The Kier molecular flexibility index (Phi) is 3.82. The van der Waals surface area contributed by atoms with Crippen molar-refractivity contribution >= 4 is 17.3 Å². The Morgan fingerprint density at radius 1 is 1.45 bits per heavy atom. The maximum absolute atomic E-state index is 10.3. The van der Waals surface area contributed by atoms with Gasteiger partial charge in [0.25, 0.3) is 0 Å². The predicted molar refractivity (Wildman–Crippen MR) is 82.6 cm³/mol. The predicted octanol–water partition coefficient (Wildman–Crippen LogP) is 1.56. The lowest BCUT2D eigenvalue weighted by atomic mass is 9.87. The molecule has 2 saturated heterocycles. The number of aliphatic hydroxyl groups is 3. The van der Waals surface area contributed by atoms with E-state index in [1.165, 1.54) is 0 Å². The largest absolute Gasteiger partial charge is 0.392 e. The Hall–Kier alpha value is -1.32. The van der Waals surface area contributed by atoms with Crippen molar-refractivity contribution in [3.8, 4) is 6.07 Å². The number of nitrogens with zero attached hydrogens (tertiary/aromatic N) is 2. The van der Waals surface area contributed by atoms with Crippen LogP contribution >= 0.6 is 11.6 Å².